The van der Waals surface area contributed by atoms with Gasteiger partial charge in [-0.3, -0.25) is 9.78 Å². The van der Waals surface area contributed by atoms with Crippen molar-refractivity contribution in [2.24, 2.45) is 0 Å². The molecule has 0 N–H and O–H groups in total. The third kappa shape index (κ3) is 4.42. The first kappa shape index (κ1) is 20.0. The van der Waals surface area contributed by atoms with Gasteiger partial charge in [0.15, 0.2) is 0 Å². The molecule has 0 bridgehead atoms. The van der Waals surface area contributed by atoms with Crippen LogP contribution in [0.1, 0.15) is 31.2 Å². The Morgan fingerprint density at radius 3 is 2.55 bits per heavy atom. The van der Waals surface area contributed by atoms with Gasteiger partial charge < -0.3 is 14.4 Å². The summed E-state index contributed by atoms with van der Waals surface area (Å²) < 4.78 is 11.7. The number of amides is 1. The molecule has 0 saturated carbocycles. The van der Waals surface area contributed by atoms with Gasteiger partial charge in [-0.05, 0) is 60.7 Å². The molecule has 0 spiro atoms. The number of likely N-dealkylation sites (tertiary alicyclic amines) is 1. The molecule has 2 aromatic carbocycles. The number of hydrogen-bond acceptors (Lipinski definition) is 4. The number of fused-ring (bicyclic) bond motifs is 1. The quantitative estimate of drug-likeness (QED) is 0.615. The molecule has 1 amide bonds. The van der Waals surface area contributed by atoms with Gasteiger partial charge in [0.2, 0.25) is 0 Å². The predicted octanol–water partition coefficient (Wildman–Crippen LogP) is 4.76. The summed E-state index contributed by atoms with van der Waals surface area (Å²) in [6, 6.07) is 16.8. The van der Waals surface area contributed by atoms with Crippen LogP contribution in [0.3, 0.4) is 0 Å². The van der Waals surface area contributed by atoms with Crippen LogP contribution in [0.5, 0.6) is 5.75 Å². The van der Waals surface area contributed by atoms with Crippen LogP contribution in [0.25, 0.3) is 22.0 Å². The van der Waals surface area contributed by atoms with E-state index in [1.807, 2.05) is 23.2 Å². The van der Waals surface area contributed by atoms with E-state index in [-0.39, 0.29) is 18.1 Å². The molecular formula is C26H28N2O3. The number of piperidine rings is 1. The fourth-order valence-electron chi connectivity index (χ4n) is 4.50. The Kier molecular flexibility index (Phi) is 5.60. The summed E-state index contributed by atoms with van der Waals surface area (Å²) in [4.78, 5) is 19.0. The first-order chi connectivity index (χ1) is 15.2. The predicted molar refractivity (Wildman–Crippen MR) is 121 cm³/mol. The van der Waals surface area contributed by atoms with E-state index in [4.69, 9.17) is 9.47 Å². The number of benzene rings is 2. The third-order valence-electron chi connectivity index (χ3n) is 6.27. The summed E-state index contributed by atoms with van der Waals surface area (Å²) in [7, 11) is 0. The summed E-state index contributed by atoms with van der Waals surface area (Å²) in [6.45, 7) is 4.25. The van der Waals surface area contributed by atoms with Crippen LogP contribution >= 0.6 is 0 Å². The van der Waals surface area contributed by atoms with Crippen LogP contribution in [0.4, 0.5) is 0 Å². The van der Waals surface area contributed by atoms with Gasteiger partial charge in [0.05, 0.1) is 5.52 Å². The number of aryl methyl sites for hydroxylation is 1. The molecule has 0 radical (unpaired) electrons. The Hall–Kier alpha value is -2.92. The minimum absolute atomic E-state index is 0.146. The summed E-state index contributed by atoms with van der Waals surface area (Å²) in [5.74, 6) is 1.03. The number of hydrogen-bond donors (Lipinski definition) is 0. The largest absolute Gasteiger partial charge is 0.490 e. The number of ether oxygens (including phenoxy) is 2. The lowest BCUT2D eigenvalue weighted by Gasteiger charge is -2.33. The van der Waals surface area contributed by atoms with Crippen molar-refractivity contribution >= 4 is 16.8 Å². The maximum absolute atomic E-state index is 12.5. The van der Waals surface area contributed by atoms with E-state index in [2.05, 4.69) is 48.3 Å². The number of rotatable bonds is 4. The number of pyridine rings is 1. The fourth-order valence-corrected chi connectivity index (χ4v) is 4.50. The van der Waals surface area contributed by atoms with E-state index in [0.29, 0.717) is 6.61 Å². The van der Waals surface area contributed by atoms with Crippen LogP contribution in [0.2, 0.25) is 0 Å². The van der Waals surface area contributed by atoms with Crippen molar-refractivity contribution in [1.29, 1.82) is 0 Å². The maximum atomic E-state index is 12.5. The van der Waals surface area contributed by atoms with Gasteiger partial charge in [0, 0.05) is 44.1 Å². The molecule has 3 aromatic rings. The molecule has 5 heteroatoms. The Labute approximate surface area is 183 Å². The second-order valence-corrected chi connectivity index (χ2v) is 8.59. The summed E-state index contributed by atoms with van der Waals surface area (Å²) in [5, 5.41) is 1.16. The van der Waals surface area contributed by atoms with Crippen molar-refractivity contribution in [3.63, 3.8) is 0 Å². The number of carbonyl (C=O) groups excluding carboxylic acids is 1. The Bertz CT molecular complexity index is 1070. The minimum Gasteiger partial charge on any atom is -0.490 e. The van der Waals surface area contributed by atoms with Crippen LogP contribution in [-0.2, 0) is 9.53 Å². The van der Waals surface area contributed by atoms with E-state index in [0.717, 1.165) is 66.6 Å². The van der Waals surface area contributed by atoms with Crippen molar-refractivity contribution in [1.82, 2.24) is 9.88 Å². The SMILES string of the molecule is Cc1cnc2cc(-c3ccc(OC4CCN(C(=O)[C@H]5CCCO5)CC4)cc3)ccc2c1. The summed E-state index contributed by atoms with van der Waals surface area (Å²) in [6.07, 6.45) is 5.39. The topological polar surface area (TPSA) is 51.7 Å². The highest BCUT2D eigenvalue weighted by atomic mass is 16.5. The second-order valence-electron chi connectivity index (χ2n) is 8.59. The number of aromatic nitrogens is 1. The zero-order valence-electron chi connectivity index (χ0n) is 17.9. The van der Waals surface area contributed by atoms with Gasteiger partial charge in [-0.1, -0.05) is 24.3 Å². The molecule has 31 heavy (non-hydrogen) atoms. The highest BCUT2D eigenvalue weighted by Crippen LogP contribution is 2.27. The van der Waals surface area contributed by atoms with Gasteiger partial charge in [0.25, 0.3) is 5.91 Å². The molecule has 5 rings (SSSR count). The van der Waals surface area contributed by atoms with Crippen LogP contribution in [-0.4, -0.2) is 47.7 Å². The normalized spacial score (nSPS) is 19.6. The molecule has 0 unspecified atom stereocenters. The van der Waals surface area contributed by atoms with E-state index in [1.54, 1.807) is 0 Å². The van der Waals surface area contributed by atoms with Crippen LogP contribution in [0, 0.1) is 6.92 Å². The van der Waals surface area contributed by atoms with Gasteiger partial charge in [-0.2, -0.15) is 0 Å². The lowest BCUT2D eigenvalue weighted by molar-refractivity contribution is -0.142. The zero-order chi connectivity index (χ0) is 21.2. The lowest BCUT2D eigenvalue weighted by atomic mass is 10.0. The van der Waals surface area contributed by atoms with Crippen LogP contribution in [0.15, 0.2) is 54.7 Å². The molecule has 1 atom stereocenters. The maximum Gasteiger partial charge on any atom is 0.251 e. The van der Waals surface area contributed by atoms with Gasteiger partial charge in [0.1, 0.15) is 18.0 Å². The van der Waals surface area contributed by atoms with Gasteiger partial charge >= 0.3 is 0 Å². The monoisotopic (exact) mass is 416 g/mol. The van der Waals surface area contributed by atoms with Gasteiger partial charge in [-0.25, -0.2) is 0 Å². The van der Waals surface area contributed by atoms with E-state index < -0.39 is 0 Å². The first-order valence-electron chi connectivity index (χ1n) is 11.2. The van der Waals surface area contributed by atoms with E-state index in [9.17, 15) is 4.79 Å². The molecular weight excluding hydrogens is 388 g/mol. The Balaban J connectivity index is 1.19. The molecule has 3 heterocycles. The second kappa shape index (κ2) is 8.67. The molecule has 2 aliphatic rings. The summed E-state index contributed by atoms with van der Waals surface area (Å²) >= 11 is 0. The average molecular weight is 417 g/mol. The fraction of sp³-hybridized carbons (Fsp3) is 0.385. The molecule has 5 nitrogen and oxygen atoms in total. The molecule has 2 saturated heterocycles. The van der Waals surface area contributed by atoms with Crippen LogP contribution < -0.4 is 4.74 Å². The zero-order valence-corrected chi connectivity index (χ0v) is 17.9. The minimum atomic E-state index is -0.223. The standard InChI is InChI=1S/C26H28N2O3/c1-18-15-21-5-4-20(16-24(21)27-17-18)19-6-8-22(9-7-19)31-23-10-12-28(13-11-23)26(29)25-3-2-14-30-25/h4-9,15-17,23,25H,2-3,10-14H2,1H3/t25-/m1/s1. The molecule has 160 valence electrons. The Morgan fingerprint density at radius 1 is 1.03 bits per heavy atom. The highest BCUT2D eigenvalue weighted by molar-refractivity contribution is 5.84. The lowest BCUT2D eigenvalue weighted by Crippen LogP contribution is -2.45. The molecule has 2 aliphatic heterocycles. The third-order valence-corrected chi connectivity index (χ3v) is 6.27. The first-order valence-corrected chi connectivity index (χ1v) is 11.2. The smallest absolute Gasteiger partial charge is 0.251 e. The highest BCUT2D eigenvalue weighted by Gasteiger charge is 2.31. The van der Waals surface area contributed by atoms with Gasteiger partial charge in [-0.15, -0.1) is 0 Å². The van der Waals surface area contributed by atoms with E-state index >= 15 is 0 Å². The van der Waals surface area contributed by atoms with Crippen molar-refractivity contribution in [2.45, 2.75) is 44.8 Å². The van der Waals surface area contributed by atoms with Crippen molar-refractivity contribution < 1.29 is 14.3 Å². The average Bonchev–Trinajstić information content (AvgIpc) is 3.34. The molecule has 1 aromatic heterocycles. The van der Waals surface area contributed by atoms with Crippen molar-refractivity contribution in [3.8, 4) is 16.9 Å². The summed E-state index contributed by atoms with van der Waals surface area (Å²) in [5.41, 5.74) is 4.47. The number of carbonyl (C=O) groups is 1. The van der Waals surface area contributed by atoms with Crippen molar-refractivity contribution in [3.05, 3.63) is 60.3 Å². The Morgan fingerprint density at radius 2 is 1.81 bits per heavy atom. The van der Waals surface area contributed by atoms with Crippen molar-refractivity contribution in [2.75, 3.05) is 19.7 Å². The molecule has 0 aliphatic carbocycles. The molecule has 2 fully saturated rings. The number of nitrogens with zero attached hydrogens (tertiary/aromatic N) is 2. The van der Waals surface area contributed by atoms with E-state index in [1.165, 1.54) is 5.56 Å².